The molecule has 1 aromatic carbocycles. The Morgan fingerprint density at radius 2 is 2.16 bits per heavy atom. The van der Waals surface area contributed by atoms with Crippen LogP contribution in [0.25, 0.3) is 0 Å². The number of hydrogen-bond donors (Lipinski definition) is 1. The van der Waals surface area contributed by atoms with Gasteiger partial charge in [-0.05, 0) is 25.8 Å². The van der Waals surface area contributed by atoms with Crippen molar-refractivity contribution in [3.05, 3.63) is 48.6 Å². The maximum absolute atomic E-state index is 3.96. The van der Waals surface area contributed by atoms with Crippen LogP contribution in [0.3, 0.4) is 0 Å². The van der Waals surface area contributed by atoms with Crippen LogP contribution < -0.4 is 5.32 Å². The molecular weight excluding hydrogens is 232 g/mol. The monoisotopic (exact) mass is 258 g/mol. The Kier molecular flexibility index (Phi) is 4.43. The van der Waals surface area contributed by atoms with Crippen LogP contribution in [-0.2, 0) is 5.54 Å². The lowest BCUT2D eigenvalue weighted by molar-refractivity contribution is 0.0658. The molecule has 2 nitrogen and oxygen atoms in total. The summed E-state index contributed by atoms with van der Waals surface area (Å²) in [5.74, 6) is 0. The molecule has 2 heteroatoms. The van der Waals surface area contributed by atoms with Crippen molar-refractivity contribution in [2.75, 3.05) is 13.1 Å². The van der Waals surface area contributed by atoms with E-state index in [1.807, 2.05) is 0 Å². The largest absolute Gasteiger partial charge is 0.305 e. The number of piperazine rings is 1. The average Bonchev–Trinajstić information content (AvgIpc) is 2.47. The predicted molar refractivity (Wildman–Crippen MR) is 82.2 cm³/mol. The SMILES string of the molecule is C=CC(C)N1CC(C)(c2ccccc2)NCC1CC. The van der Waals surface area contributed by atoms with Gasteiger partial charge >= 0.3 is 0 Å². The third kappa shape index (κ3) is 2.90. The van der Waals surface area contributed by atoms with Crippen LogP contribution in [0.4, 0.5) is 0 Å². The molecular formula is C17H26N2. The van der Waals surface area contributed by atoms with Crippen molar-refractivity contribution < 1.29 is 0 Å². The molecule has 0 bridgehead atoms. The fraction of sp³-hybridized carbons (Fsp3) is 0.529. The van der Waals surface area contributed by atoms with Crippen LogP contribution in [0.15, 0.2) is 43.0 Å². The minimum atomic E-state index is 0.0319. The van der Waals surface area contributed by atoms with E-state index in [4.69, 9.17) is 0 Å². The molecule has 1 aliphatic heterocycles. The molecule has 3 atom stereocenters. The number of hydrogen-bond acceptors (Lipinski definition) is 2. The van der Waals surface area contributed by atoms with Crippen LogP contribution in [-0.4, -0.2) is 30.1 Å². The summed E-state index contributed by atoms with van der Waals surface area (Å²) in [6.45, 7) is 12.8. The second kappa shape index (κ2) is 5.89. The van der Waals surface area contributed by atoms with E-state index >= 15 is 0 Å². The highest BCUT2D eigenvalue weighted by atomic mass is 15.3. The third-order valence-electron chi connectivity index (χ3n) is 4.44. The second-order valence-corrected chi connectivity index (χ2v) is 5.79. The second-order valence-electron chi connectivity index (χ2n) is 5.79. The van der Waals surface area contributed by atoms with Crippen LogP contribution in [0.2, 0.25) is 0 Å². The summed E-state index contributed by atoms with van der Waals surface area (Å²) in [6, 6.07) is 11.8. The first-order valence-electron chi connectivity index (χ1n) is 7.29. The molecule has 0 amide bonds. The van der Waals surface area contributed by atoms with Crippen molar-refractivity contribution >= 4 is 0 Å². The Morgan fingerprint density at radius 3 is 2.74 bits per heavy atom. The normalized spacial score (nSPS) is 29.9. The molecule has 1 saturated heterocycles. The summed E-state index contributed by atoms with van der Waals surface area (Å²) in [6.07, 6.45) is 3.23. The van der Waals surface area contributed by atoms with Gasteiger partial charge < -0.3 is 5.32 Å². The first-order chi connectivity index (χ1) is 9.10. The number of benzene rings is 1. The van der Waals surface area contributed by atoms with Crippen molar-refractivity contribution in [3.8, 4) is 0 Å². The first kappa shape index (κ1) is 14.3. The van der Waals surface area contributed by atoms with Gasteiger partial charge in [-0.2, -0.15) is 0 Å². The average molecular weight is 258 g/mol. The van der Waals surface area contributed by atoms with Gasteiger partial charge in [-0.3, -0.25) is 4.90 Å². The molecule has 1 fully saturated rings. The van der Waals surface area contributed by atoms with Crippen LogP contribution in [0.5, 0.6) is 0 Å². The number of nitrogens with one attached hydrogen (secondary N) is 1. The summed E-state index contributed by atoms with van der Waals surface area (Å²) in [5.41, 5.74) is 1.40. The molecule has 3 unspecified atom stereocenters. The van der Waals surface area contributed by atoms with Gasteiger partial charge in [-0.15, -0.1) is 6.58 Å². The summed E-state index contributed by atoms with van der Waals surface area (Å²) >= 11 is 0. The Labute approximate surface area is 117 Å². The third-order valence-corrected chi connectivity index (χ3v) is 4.44. The van der Waals surface area contributed by atoms with Crippen molar-refractivity contribution in [2.45, 2.75) is 44.8 Å². The smallest absolute Gasteiger partial charge is 0.0535 e. The molecule has 0 aliphatic carbocycles. The zero-order valence-corrected chi connectivity index (χ0v) is 12.4. The standard InChI is InChI=1S/C17H26N2/c1-5-14(3)19-13-17(4,18-12-16(19)6-2)15-10-8-7-9-11-15/h5,7-11,14,16,18H,1,6,12-13H2,2-4H3. The lowest BCUT2D eigenvalue weighted by atomic mass is 9.87. The zero-order valence-electron chi connectivity index (χ0n) is 12.4. The maximum Gasteiger partial charge on any atom is 0.0535 e. The predicted octanol–water partition coefficient (Wildman–Crippen LogP) is 3.16. The molecule has 1 aliphatic rings. The summed E-state index contributed by atoms with van der Waals surface area (Å²) in [5, 5.41) is 3.75. The van der Waals surface area contributed by atoms with Gasteiger partial charge in [0.25, 0.3) is 0 Å². The number of rotatable bonds is 4. The molecule has 2 rings (SSSR count). The summed E-state index contributed by atoms with van der Waals surface area (Å²) < 4.78 is 0. The highest BCUT2D eigenvalue weighted by Crippen LogP contribution is 2.28. The van der Waals surface area contributed by atoms with Gasteiger partial charge in [0, 0.05) is 25.2 Å². The molecule has 1 aromatic rings. The van der Waals surface area contributed by atoms with E-state index in [9.17, 15) is 0 Å². The van der Waals surface area contributed by atoms with E-state index in [1.54, 1.807) is 0 Å². The van der Waals surface area contributed by atoms with Gasteiger partial charge in [0.15, 0.2) is 0 Å². The van der Waals surface area contributed by atoms with Gasteiger partial charge in [-0.1, -0.05) is 43.3 Å². The summed E-state index contributed by atoms with van der Waals surface area (Å²) in [4.78, 5) is 2.58. The maximum atomic E-state index is 3.96. The molecule has 104 valence electrons. The molecule has 1 N–H and O–H groups in total. The lowest BCUT2D eigenvalue weighted by Crippen LogP contribution is -2.62. The van der Waals surface area contributed by atoms with E-state index in [2.05, 4.69) is 74.0 Å². The van der Waals surface area contributed by atoms with E-state index < -0.39 is 0 Å². The highest BCUT2D eigenvalue weighted by molar-refractivity contribution is 5.25. The van der Waals surface area contributed by atoms with Gasteiger partial charge in [-0.25, -0.2) is 0 Å². The lowest BCUT2D eigenvalue weighted by Gasteiger charge is -2.48. The quantitative estimate of drug-likeness (QED) is 0.835. The fourth-order valence-electron chi connectivity index (χ4n) is 3.00. The Balaban J connectivity index is 2.23. The van der Waals surface area contributed by atoms with Gasteiger partial charge in [0.1, 0.15) is 0 Å². The van der Waals surface area contributed by atoms with Crippen molar-refractivity contribution in [1.82, 2.24) is 10.2 Å². The van der Waals surface area contributed by atoms with E-state index in [0.29, 0.717) is 12.1 Å². The molecule has 0 saturated carbocycles. The van der Waals surface area contributed by atoms with Gasteiger partial charge in [0.05, 0.1) is 5.54 Å². The Morgan fingerprint density at radius 1 is 1.47 bits per heavy atom. The van der Waals surface area contributed by atoms with E-state index in [0.717, 1.165) is 13.1 Å². The molecule has 0 radical (unpaired) electrons. The highest BCUT2D eigenvalue weighted by Gasteiger charge is 2.37. The fourth-order valence-corrected chi connectivity index (χ4v) is 3.00. The van der Waals surface area contributed by atoms with Crippen LogP contribution in [0.1, 0.15) is 32.8 Å². The first-order valence-corrected chi connectivity index (χ1v) is 7.29. The Bertz CT molecular complexity index is 415. The number of nitrogens with zero attached hydrogens (tertiary/aromatic N) is 1. The summed E-state index contributed by atoms with van der Waals surface area (Å²) in [7, 11) is 0. The van der Waals surface area contributed by atoms with Crippen LogP contribution in [0, 0.1) is 0 Å². The zero-order chi connectivity index (χ0) is 13.9. The van der Waals surface area contributed by atoms with Crippen LogP contribution >= 0.6 is 0 Å². The minimum Gasteiger partial charge on any atom is -0.305 e. The van der Waals surface area contributed by atoms with E-state index in [1.165, 1.54) is 12.0 Å². The topological polar surface area (TPSA) is 15.3 Å². The van der Waals surface area contributed by atoms with Gasteiger partial charge in [0.2, 0.25) is 0 Å². The molecule has 1 heterocycles. The molecule has 0 spiro atoms. The van der Waals surface area contributed by atoms with Crippen molar-refractivity contribution in [3.63, 3.8) is 0 Å². The molecule has 0 aromatic heterocycles. The Hall–Kier alpha value is -1.12. The van der Waals surface area contributed by atoms with Crippen molar-refractivity contribution in [2.24, 2.45) is 0 Å². The molecule has 19 heavy (non-hydrogen) atoms. The van der Waals surface area contributed by atoms with E-state index in [-0.39, 0.29) is 5.54 Å². The van der Waals surface area contributed by atoms with Crippen molar-refractivity contribution in [1.29, 1.82) is 0 Å². The minimum absolute atomic E-state index is 0.0319.